The molecule has 0 heterocycles. The molecule has 0 aliphatic heterocycles. The molecule has 0 unspecified atom stereocenters. The number of alkyl halides is 2. The first-order valence-corrected chi connectivity index (χ1v) is 6.21. The van der Waals surface area contributed by atoms with Crippen LogP contribution in [0.25, 0.3) is 0 Å². The van der Waals surface area contributed by atoms with Crippen molar-refractivity contribution in [2.75, 3.05) is 0 Å². The van der Waals surface area contributed by atoms with Gasteiger partial charge in [0.1, 0.15) is 4.33 Å². The summed E-state index contributed by atoms with van der Waals surface area (Å²) in [6, 6.07) is 0. The molecule has 0 bridgehead atoms. The van der Waals surface area contributed by atoms with Crippen molar-refractivity contribution in [2.24, 2.45) is 0 Å². The van der Waals surface area contributed by atoms with Gasteiger partial charge in [-0.1, -0.05) is 12.8 Å². The highest BCUT2D eigenvalue weighted by Gasteiger charge is 2.47. The third-order valence-electron chi connectivity index (χ3n) is 2.13. The summed E-state index contributed by atoms with van der Waals surface area (Å²) in [5, 5.41) is 0. The van der Waals surface area contributed by atoms with Gasteiger partial charge in [0.25, 0.3) is 0 Å². The normalized spacial score (nSPS) is 30.2. The fourth-order valence-electron chi connectivity index (χ4n) is 1.49. The Morgan fingerprint density at radius 1 is 1.33 bits per heavy atom. The highest BCUT2D eigenvalue weighted by Crippen LogP contribution is 2.56. The van der Waals surface area contributed by atoms with E-state index in [1.807, 2.05) is 0 Å². The van der Waals surface area contributed by atoms with Gasteiger partial charge in [-0.2, -0.15) is 0 Å². The van der Waals surface area contributed by atoms with Gasteiger partial charge in [0.2, 0.25) is 0 Å². The average Bonchev–Trinajstić information content (AvgIpc) is 1.83. The Morgan fingerprint density at radius 3 is 2.25 bits per heavy atom. The maximum absolute atomic E-state index is 10.9. The minimum atomic E-state index is -4.13. The van der Waals surface area contributed by atoms with E-state index >= 15 is 0 Å². The molecule has 6 heteroatoms. The maximum Gasteiger partial charge on any atom is 0.331 e. The van der Waals surface area contributed by atoms with Crippen LogP contribution in [0.3, 0.4) is 0 Å². The molecule has 0 amide bonds. The number of hydrogen-bond acceptors (Lipinski definition) is 1. The molecule has 0 spiro atoms. The first kappa shape index (κ1) is 10.8. The number of rotatable bonds is 1. The molecular weight excluding hydrogens is 222 g/mol. The standard InChI is InChI=1S/C6H11Cl2O3P/c7-6(8)4-2-1-3-5(6)12(9,10)11/h5H,1-4H2,(H2,9,10,11)/t5-/m1/s1. The Balaban J connectivity index is 2.80. The lowest BCUT2D eigenvalue weighted by Gasteiger charge is -2.34. The summed E-state index contributed by atoms with van der Waals surface area (Å²) in [4.78, 5) is 17.8. The second-order valence-electron chi connectivity index (χ2n) is 3.11. The molecule has 2 N–H and O–H groups in total. The topological polar surface area (TPSA) is 57.5 Å². The minimum absolute atomic E-state index is 0.414. The lowest BCUT2D eigenvalue weighted by atomic mass is 9.99. The summed E-state index contributed by atoms with van der Waals surface area (Å²) in [7, 11) is -4.13. The zero-order valence-corrected chi connectivity index (χ0v) is 8.82. The van der Waals surface area contributed by atoms with Gasteiger partial charge in [0, 0.05) is 0 Å². The minimum Gasteiger partial charge on any atom is -0.324 e. The molecule has 0 saturated heterocycles. The van der Waals surface area contributed by atoms with Gasteiger partial charge >= 0.3 is 7.60 Å². The quantitative estimate of drug-likeness (QED) is 0.539. The van der Waals surface area contributed by atoms with Crippen LogP contribution in [0.2, 0.25) is 0 Å². The van der Waals surface area contributed by atoms with Crippen LogP contribution in [-0.2, 0) is 4.57 Å². The van der Waals surface area contributed by atoms with Crippen molar-refractivity contribution in [2.45, 2.75) is 35.7 Å². The molecule has 1 aliphatic carbocycles. The van der Waals surface area contributed by atoms with E-state index < -0.39 is 17.6 Å². The van der Waals surface area contributed by atoms with E-state index in [1.165, 1.54) is 0 Å². The Hall–Kier alpha value is 0.730. The number of halogens is 2. The fourth-order valence-corrected chi connectivity index (χ4v) is 3.88. The summed E-state index contributed by atoms with van der Waals surface area (Å²) >= 11 is 11.6. The van der Waals surface area contributed by atoms with Crippen LogP contribution in [0.5, 0.6) is 0 Å². The third kappa shape index (κ3) is 2.36. The van der Waals surface area contributed by atoms with Gasteiger partial charge in [-0.15, -0.1) is 23.2 Å². The molecule has 1 aliphatic rings. The van der Waals surface area contributed by atoms with Gasteiger partial charge < -0.3 is 9.79 Å². The summed E-state index contributed by atoms with van der Waals surface area (Å²) in [5.74, 6) is 0. The van der Waals surface area contributed by atoms with E-state index in [2.05, 4.69) is 0 Å². The highest BCUT2D eigenvalue weighted by atomic mass is 35.5. The molecule has 0 radical (unpaired) electrons. The van der Waals surface area contributed by atoms with E-state index in [4.69, 9.17) is 33.0 Å². The van der Waals surface area contributed by atoms with Gasteiger partial charge in [-0.05, 0) is 12.8 Å². The second-order valence-corrected chi connectivity index (χ2v) is 6.46. The van der Waals surface area contributed by atoms with Gasteiger partial charge in [0.05, 0.1) is 5.66 Å². The highest BCUT2D eigenvalue weighted by molar-refractivity contribution is 7.53. The molecule has 72 valence electrons. The Bertz CT molecular complexity index is 213. The van der Waals surface area contributed by atoms with Gasteiger partial charge in [-0.3, -0.25) is 4.57 Å². The molecule has 1 saturated carbocycles. The summed E-state index contributed by atoms with van der Waals surface area (Å²) in [6.07, 6.45) is 2.50. The molecule has 0 aromatic carbocycles. The van der Waals surface area contributed by atoms with Crippen LogP contribution < -0.4 is 0 Å². The SMILES string of the molecule is O=P(O)(O)[C@@H]1CCCCC1(Cl)Cl. The van der Waals surface area contributed by atoms with Crippen LogP contribution in [0.1, 0.15) is 25.7 Å². The zero-order valence-electron chi connectivity index (χ0n) is 6.41. The average molecular weight is 233 g/mol. The second kappa shape index (κ2) is 3.47. The van der Waals surface area contributed by atoms with Crippen molar-refractivity contribution in [3.05, 3.63) is 0 Å². The monoisotopic (exact) mass is 232 g/mol. The Morgan fingerprint density at radius 2 is 1.92 bits per heavy atom. The van der Waals surface area contributed by atoms with Crippen molar-refractivity contribution >= 4 is 30.8 Å². The largest absolute Gasteiger partial charge is 0.331 e. The zero-order chi connectivity index (χ0) is 9.41. The van der Waals surface area contributed by atoms with Crippen molar-refractivity contribution in [3.8, 4) is 0 Å². The van der Waals surface area contributed by atoms with Crippen LogP contribution in [0.15, 0.2) is 0 Å². The molecule has 12 heavy (non-hydrogen) atoms. The predicted octanol–water partition coefficient (Wildman–Crippen LogP) is 2.28. The van der Waals surface area contributed by atoms with Crippen molar-refractivity contribution in [1.82, 2.24) is 0 Å². The first-order valence-electron chi connectivity index (χ1n) is 3.77. The number of hydrogen-bond donors (Lipinski definition) is 2. The van der Waals surface area contributed by atoms with E-state index in [9.17, 15) is 4.57 Å². The molecule has 1 fully saturated rings. The van der Waals surface area contributed by atoms with E-state index in [-0.39, 0.29) is 0 Å². The van der Waals surface area contributed by atoms with Gasteiger partial charge in [0.15, 0.2) is 0 Å². The lowest BCUT2D eigenvalue weighted by Crippen LogP contribution is -2.34. The molecule has 1 atom stereocenters. The maximum atomic E-state index is 10.9. The Kier molecular flexibility index (Phi) is 3.12. The molecule has 3 nitrogen and oxygen atoms in total. The van der Waals surface area contributed by atoms with Crippen molar-refractivity contribution in [1.29, 1.82) is 0 Å². The van der Waals surface area contributed by atoms with Crippen LogP contribution in [-0.4, -0.2) is 19.8 Å². The first-order chi connectivity index (χ1) is 5.34. The van der Waals surface area contributed by atoms with E-state index in [0.717, 1.165) is 12.8 Å². The lowest BCUT2D eigenvalue weighted by molar-refractivity contribution is 0.331. The van der Waals surface area contributed by atoms with Crippen molar-refractivity contribution in [3.63, 3.8) is 0 Å². The molecular formula is C6H11Cl2O3P. The fraction of sp³-hybridized carbons (Fsp3) is 1.00. The van der Waals surface area contributed by atoms with E-state index in [0.29, 0.717) is 12.8 Å². The van der Waals surface area contributed by atoms with Crippen LogP contribution >= 0.6 is 30.8 Å². The van der Waals surface area contributed by atoms with Gasteiger partial charge in [-0.25, -0.2) is 0 Å². The van der Waals surface area contributed by atoms with Crippen LogP contribution in [0.4, 0.5) is 0 Å². The van der Waals surface area contributed by atoms with Crippen LogP contribution in [0, 0.1) is 0 Å². The summed E-state index contributed by atoms with van der Waals surface area (Å²) < 4.78 is 9.69. The summed E-state index contributed by atoms with van der Waals surface area (Å²) in [5.41, 5.74) is -0.887. The molecule has 0 aromatic rings. The third-order valence-corrected chi connectivity index (χ3v) is 4.85. The smallest absolute Gasteiger partial charge is 0.324 e. The molecule has 1 rings (SSSR count). The summed E-state index contributed by atoms with van der Waals surface area (Å²) in [6.45, 7) is 0. The van der Waals surface area contributed by atoms with Crippen molar-refractivity contribution < 1.29 is 14.4 Å². The predicted molar refractivity (Wildman–Crippen MR) is 48.7 cm³/mol. The Labute approximate surface area is 81.2 Å². The molecule has 0 aromatic heterocycles. The van der Waals surface area contributed by atoms with E-state index in [1.54, 1.807) is 0 Å².